The maximum Gasteiger partial charge on any atom is 0.407 e. The standard InChI is InChI=1S/C42H49N7O4/c1-25(2)22-37(50)48-20-8-14-35(48)39-43-23-33(45-39)28-18-16-27(17-19-28)29-10-6-12-31-30(29)11-7-13-32(31)34-24-44-40(46-34)36-15-9-21-49(36)41(51)38(26(3)4)47-42(52)53-5/h6-7,10-13,16-19,23-26,35-36,38H,8-9,14-15,20-22H2,1-5H3,(H,43,45)(H,44,46)(H,47,52). The fourth-order valence-electron chi connectivity index (χ4n) is 7.93. The molecule has 2 saturated heterocycles. The number of nitrogens with one attached hydrogen (secondary N) is 3. The number of methoxy groups -OCH3 is 1. The number of aromatic amines is 2. The molecule has 2 aliphatic rings. The Hall–Kier alpha value is -5.45. The third-order valence-electron chi connectivity index (χ3n) is 10.6. The topological polar surface area (TPSA) is 136 Å². The van der Waals surface area contributed by atoms with Crippen molar-refractivity contribution >= 4 is 28.7 Å². The molecule has 3 N–H and O–H groups in total. The molecule has 11 nitrogen and oxygen atoms in total. The predicted molar refractivity (Wildman–Crippen MR) is 206 cm³/mol. The monoisotopic (exact) mass is 715 g/mol. The molecule has 53 heavy (non-hydrogen) atoms. The summed E-state index contributed by atoms with van der Waals surface area (Å²) in [5, 5.41) is 4.93. The Labute approximate surface area is 310 Å². The Morgan fingerprint density at radius 3 is 1.98 bits per heavy atom. The minimum absolute atomic E-state index is 0.00253. The van der Waals surface area contributed by atoms with Gasteiger partial charge in [0.2, 0.25) is 11.8 Å². The van der Waals surface area contributed by atoms with Crippen molar-refractivity contribution in [3.05, 3.63) is 84.7 Å². The van der Waals surface area contributed by atoms with Crippen LogP contribution in [0.3, 0.4) is 0 Å². The van der Waals surface area contributed by atoms with E-state index in [-0.39, 0.29) is 29.8 Å². The number of aromatic nitrogens is 4. The van der Waals surface area contributed by atoms with E-state index in [0.717, 1.165) is 88.3 Å². The number of carbonyl (C=O) groups is 3. The summed E-state index contributed by atoms with van der Waals surface area (Å²) in [5.74, 6) is 1.89. The summed E-state index contributed by atoms with van der Waals surface area (Å²) in [7, 11) is 1.30. The van der Waals surface area contributed by atoms with Gasteiger partial charge in [-0.2, -0.15) is 0 Å². The van der Waals surface area contributed by atoms with Crippen LogP contribution in [0.25, 0.3) is 44.4 Å². The lowest BCUT2D eigenvalue weighted by Crippen LogP contribution is -2.51. The molecule has 0 saturated carbocycles. The summed E-state index contributed by atoms with van der Waals surface area (Å²) in [6, 6.07) is 20.3. The highest BCUT2D eigenvalue weighted by atomic mass is 16.5. The average Bonchev–Trinajstić information content (AvgIpc) is 3.99. The van der Waals surface area contributed by atoms with Crippen LogP contribution >= 0.6 is 0 Å². The summed E-state index contributed by atoms with van der Waals surface area (Å²) in [4.78, 5) is 58.9. The van der Waals surface area contributed by atoms with E-state index in [9.17, 15) is 14.4 Å². The minimum atomic E-state index is -0.686. The summed E-state index contributed by atoms with van der Waals surface area (Å²) < 4.78 is 4.78. The van der Waals surface area contributed by atoms with Gasteiger partial charge in [0, 0.05) is 25.1 Å². The Balaban J connectivity index is 1.11. The molecule has 276 valence electrons. The number of amides is 3. The number of fused-ring (bicyclic) bond motifs is 1. The lowest BCUT2D eigenvalue weighted by atomic mass is 9.94. The molecule has 3 aromatic carbocycles. The van der Waals surface area contributed by atoms with E-state index in [1.807, 2.05) is 36.0 Å². The van der Waals surface area contributed by atoms with Crippen molar-refractivity contribution < 1.29 is 19.1 Å². The fraction of sp³-hybridized carbons (Fsp3) is 0.405. The number of ether oxygens (including phenoxy) is 1. The number of carbonyl (C=O) groups excluding carboxylic acids is 3. The van der Waals surface area contributed by atoms with Crippen molar-refractivity contribution in [2.45, 2.75) is 77.9 Å². The number of hydrogen-bond acceptors (Lipinski definition) is 6. The highest BCUT2D eigenvalue weighted by Gasteiger charge is 2.37. The molecule has 5 aromatic rings. The number of nitrogens with zero attached hydrogens (tertiary/aromatic N) is 4. The van der Waals surface area contributed by atoms with Crippen LogP contribution in [0.1, 0.15) is 83.5 Å². The van der Waals surface area contributed by atoms with E-state index >= 15 is 0 Å². The van der Waals surface area contributed by atoms with Crippen LogP contribution in [0.2, 0.25) is 0 Å². The second-order valence-corrected chi connectivity index (χ2v) is 15.0. The van der Waals surface area contributed by atoms with Gasteiger partial charge in [-0.15, -0.1) is 0 Å². The maximum absolute atomic E-state index is 13.7. The Morgan fingerprint density at radius 2 is 1.34 bits per heavy atom. The molecule has 11 heteroatoms. The Bertz CT molecular complexity index is 2100. The van der Waals surface area contributed by atoms with Gasteiger partial charge in [-0.1, -0.05) is 88.4 Å². The molecule has 2 fully saturated rings. The van der Waals surface area contributed by atoms with Crippen molar-refractivity contribution in [3.63, 3.8) is 0 Å². The van der Waals surface area contributed by atoms with Gasteiger partial charge in [0.05, 0.1) is 43.0 Å². The molecule has 4 heterocycles. The third-order valence-corrected chi connectivity index (χ3v) is 10.6. The number of alkyl carbamates (subject to hydrolysis) is 1. The highest BCUT2D eigenvalue weighted by molar-refractivity contribution is 6.04. The number of imidazole rings is 2. The van der Waals surface area contributed by atoms with E-state index in [4.69, 9.17) is 14.7 Å². The molecule has 0 radical (unpaired) electrons. The quantitative estimate of drug-likeness (QED) is 0.134. The SMILES string of the molecule is COC(=O)NC(C(=O)N1CCCC1c1ncc(-c2cccc3c(-c4ccc(-c5cnc(C6CCCN6C(=O)CC(C)C)[nH]5)cc4)cccc23)[nH]1)C(C)C. The lowest BCUT2D eigenvalue weighted by Gasteiger charge is -2.30. The first kappa shape index (κ1) is 35.9. The Morgan fingerprint density at radius 1 is 0.774 bits per heavy atom. The summed E-state index contributed by atoms with van der Waals surface area (Å²) >= 11 is 0. The van der Waals surface area contributed by atoms with Gasteiger partial charge in [0.15, 0.2) is 0 Å². The molecular weight excluding hydrogens is 667 g/mol. The second kappa shape index (κ2) is 15.3. The van der Waals surface area contributed by atoms with Crippen LogP contribution in [-0.4, -0.2) is 73.9 Å². The van der Waals surface area contributed by atoms with Crippen LogP contribution in [0.4, 0.5) is 4.79 Å². The molecule has 0 bridgehead atoms. The third kappa shape index (κ3) is 7.29. The molecule has 2 aliphatic heterocycles. The molecule has 0 aliphatic carbocycles. The van der Waals surface area contributed by atoms with Crippen molar-refractivity contribution in [2.24, 2.45) is 11.8 Å². The van der Waals surface area contributed by atoms with Crippen molar-refractivity contribution in [2.75, 3.05) is 20.2 Å². The Kier molecular flexibility index (Phi) is 10.3. The molecule has 2 aromatic heterocycles. The van der Waals surface area contributed by atoms with Gasteiger partial charge in [0.1, 0.15) is 17.7 Å². The van der Waals surface area contributed by atoms with E-state index in [1.54, 1.807) is 0 Å². The largest absolute Gasteiger partial charge is 0.453 e. The molecule has 0 spiro atoms. The molecular formula is C42H49N7O4. The molecule has 3 amide bonds. The van der Waals surface area contributed by atoms with E-state index in [2.05, 4.69) is 89.8 Å². The number of likely N-dealkylation sites (tertiary alicyclic amines) is 2. The van der Waals surface area contributed by atoms with Crippen LogP contribution in [0.5, 0.6) is 0 Å². The lowest BCUT2D eigenvalue weighted by molar-refractivity contribution is -0.135. The smallest absolute Gasteiger partial charge is 0.407 e. The van der Waals surface area contributed by atoms with Gasteiger partial charge in [-0.3, -0.25) is 9.59 Å². The first-order chi connectivity index (χ1) is 25.6. The van der Waals surface area contributed by atoms with Gasteiger partial charge < -0.3 is 29.8 Å². The fourth-order valence-corrected chi connectivity index (χ4v) is 7.93. The van der Waals surface area contributed by atoms with E-state index in [1.165, 1.54) is 7.11 Å². The number of H-pyrrole nitrogens is 2. The predicted octanol–water partition coefficient (Wildman–Crippen LogP) is 8.04. The van der Waals surface area contributed by atoms with Gasteiger partial charge in [-0.25, -0.2) is 14.8 Å². The zero-order valence-corrected chi connectivity index (χ0v) is 31.2. The van der Waals surface area contributed by atoms with Gasteiger partial charge in [0.25, 0.3) is 0 Å². The summed E-state index contributed by atoms with van der Waals surface area (Å²) in [6.45, 7) is 9.37. The molecule has 3 atom stereocenters. The first-order valence-corrected chi connectivity index (χ1v) is 18.8. The second-order valence-electron chi connectivity index (χ2n) is 15.0. The number of benzene rings is 3. The van der Waals surface area contributed by atoms with E-state index in [0.29, 0.717) is 18.9 Å². The summed E-state index contributed by atoms with van der Waals surface area (Å²) in [6.07, 6.45) is 7.22. The van der Waals surface area contributed by atoms with Crippen LogP contribution in [0, 0.1) is 11.8 Å². The van der Waals surface area contributed by atoms with Gasteiger partial charge >= 0.3 is 6.09 Å². The summed E-state index contributed by atoms with van der Waals surface area (Å²) in [5.41, 5.74) is 6.11. The van der Waals surface area contributed by atoms with Crippen molar-refractivity contribution in [3.8, 4) is 33.6 Å². The maximum atomic E-state index is 13.7. The van der Waals surface area contributed by atoms with Crippen molar-refractivity contribution in [1.29, 1.82) is 0 Å². The van der Waals surface area contributed by atoms with Crippen LogP contribution in [-0.2, 0) is 14.3 Å². The molecule has 7 rings (SSSR count). The molecule has 3 unspecified atom stereocenters. The van der Waals surface area contributed by atoms with Crippen LogP contribution < -0.4 is 5.32 Å². The average molecular weight is 716 g/mol. The zero-order chi connectivity index (χ0) is 37.2. The highest BCUT2D eigenvalue weighted by Crippen LogP contribution is 2.38. The number of hydrogen-bond donors (Lipinski definition) is 3. The first-order valence-electron chi connectivity index (χ1n) is 18.8. The zero-order valence-electron chi connectivity index (χ0n) is 31.2. The minimum Gasteiger partial charge on any atom is -0.453 e. The normalized spacial score (nSPS) is 17.9. The van der Waals surface area contributed by atoms with Crippen molar-refractivity contribution in [1.82, 2.24) is 35.1 Å². The van der Waals surface area contributed by atoms with Crippen LogP contribution in [0.15, 0.2) is 73.1 Å². The van der Waals surface area contributed by atoms with Gasteiger partial charge in [-0.05, 0) is 65.0 Å². The van der Waals surface area contributed by atoms with E-state index < -0.39 is 12.1 Å². The number of rotatable bonds is 10.